The zero-order chi connectivity index (χ0) is 13.5. The number of anilines is 2. The first kappa shape index (κ1) is 14.6. The maximum absolute atomic E-state index is 13.8. The lowest BCUT2D eigenvalue weighted by atomic mass is 10.3. The molecule has 0 aliphatic rings. The third-order valence-corrected chi connectivity index (χ3v) is 2.56. The summed E-state index contributed by atoms with van der Waals surface area (Å²) in [5.41, 5.74) is 0. The molecule has 0 unspecified atom stereocenters. The zero-order valence-electron chi connectivity index (χ0n) is 11.6. The summed E-state index contributed by atoms with van der Waals surface area (Å²) in [5, 5.41) is 2.83. The van der Waals surface area contributed by atoms with Gasteiger partial charge in [-0.05, 0) is 20.5 Å². The zero-order valence-corrected chi connectivity index (χ0v) is 11.6. The van der Waals surface area contributed by atoms with Gasteiger partial charge in [-0.1, -0.05) is 6.92 Å². The molecule has 0 fully saturated rings. The Morgan fingerprint density at radius 2 is 2.00 bits per heavy atom. The van der Waals surface area contributed by atoms with Crippen molar-refractivity contribution in [3.05, 3.63) is 12.0 Å². The molecule has 0 aliphatic heterocycles. The van der Waals surface area contributed by atoms with E-state index < -0.39 is 0 Å². The summed E-state index contributed by atoms with van der Waals surface area (Å²) in [5.74, 6) is 0.441. The van der Waals surface area contributed by atoms with Crippen molar-refractivity contribution >= 4 is 11.8 Å². The molecule has 5 nitrogen and oxygen atoms in total. The molecule has 0 aliphatic carbocycles. The molecule has 1 heterocycles. The van der Waals surface area contributed by atoms with Crippen LogP contribution in [0.4, 0.5) is 16.2 Å². The molecule has 18 heavy (non-hydrogen) atoms. The summed E-state index contributed by atoms with van der Waals surface area (Å²) in [6.45, 7) is 4.46. The first-order valence-corrected chi connectivity index (χ1v) is 6.18. The lowest BCUT2D eigenvalue weighted by Gasteiger charge is -2.25. The van der Waals surface area contributed by atoms with Gasteiger partial charge in [0.1, 0.15) is 0 Å². The van der Waals surface area contributed by atoms with E-state index in [4.69, 9.17) is 0 Å². The first-order chi connectivity index (χ1) is 8.58. The predicted molar refractivity (Wildman–Crippen MR) is 72.6 cm³/mol. The van der Waals surface area contributed by atoms with Crippen LogP contribution >= 0.6 is 0 Å². The number of nitrogens with one attached hydrogen (secondary N) is 1. The van der Waals surface area contributed by atoms with Gasteiger partial charge in [0.15, 0.2) is 11.6 Å². The van der Waals surface area contributed by atoms with E-state index in [0.717, 1.165) is 26.1 Å². The van der Waals surface area contributed by atoms with Crippen molar-refractivity contribution < 1.29 is 4.39 Å². The lowest BCUT2D eigenvalue weighted by Crippen LogP contribution is -2.33. The Kier molecular flexibility index (Phi) is 5.77. The Balaban J connectivity index is 2.89. The molecule has 1 aromatic heterocycles. The molecule has 0 spiro atoms. The van der Waals surface area contributed by atoms with Crippen molar-refractivity contribution in [1.29, 1.82) is 0 Å². The fraction of sp³-hybridized carbons (Fsp3) is 0.667. The molecule has 0 amide bonds. The second-order valence-corrected chi connectivity index (χ2v) is 4.41. The van der Waals surface area contributed by atoms with E-state index in [2.05, 4.69) is 27.1 Å². The molecule has 0 saturated carbocycles. The van der Waals surface area contributed by atoms with Crippen molar-refractivity contribution in [2.45, 2.75) is 13.3 Å². The quantitative estimate of drug-likeness (QED) is 0.798. The minimum absolute atomic E-state index is 0.373. The van der Waals surface area contributed by atoms with Gasteiger partial charge in [0.25, 0.3) is 0 Å². The fourth-order valence-electron chi connectivity index (χ4n) is 1.61. The SMILES string of the molecule is CCCN(CCN(C)C)c1nc(NC)ncc1F. The molecule has 0 saturated heterocycles. The van der Waals surface area contributed by atoms with Crippen LogP contribution in [0.3, 0.4) is 0 Å². The number of hydrogen-bond acceptors (Lipinski definition) is 5. The van der Waals surface area contributed by atoms with Crippen LogP contribution in [-0.2, 0) is 0 Å². The molecule has 6 heteroatoms. The Labute approximate surface area is 108 Å². The van der Waals surface area contributed by atoms with Crippen LogP contribution in [-0.4, -0.2) is 55.6 Å². The molecule has 0 aromatic carbocycles. The molecular formula is C12H22FN5. The average molecular weight is 255 g/mol. The summed E-state index contributed by atoms with van der Waals surface area (Å²) in [6, 6.07) is 0. The first-order valence-electron chi connectivity index (χ1n) is 6.18. The van der Waals surface area contributed by atoms with Crippen LogP contribution in [0.5, 0.6) is 0 Å². The van der Waals surface area contributed by atoms with E-state index in [1.165, 1.54) is 6.20 Å². The highest BCUT2D eigenvalue weighted by Gasteiger charge is 2.14. The smallest absolute Gasteiger partial charge is 0.224 e. The van der Waals surface area contributed by atoms with Gasteiger partial charge < -0.3 is 15.1 Å². The summed E-state index contributed by atoms with van der Waals surface area (Å²) in [7, 11) is 5.72. The Hall–Kier alpha value is -1.43. The van der Waals surface area contributed by atoms with Gasteiger partial charge in [-0.15, -0.1) is 0 Å². The van der Waals surface area contributed by atoms with Crippen LogP contribution in [0.2, 0.25) is 0 Å². The average Bonchev–Trinajstić information content (AvgIpc) is 2.35. The summed E-state index contributed by atoms with van der Waals surface area (Å²) >= 11 is 0. The topological polar surface area (TPSA) is 44.3 Å². The van der Waals surface area contributed by atoms with Crippen LogP contribution in [0.15, 0.2) is 6.20 Å². The van der Waals surface area contributed by atoms with Crippen LogP contribution in [0, 0.1) is 5.82 Å². The summed E-state index contributed by atoms with van der Waals surface area (Å²) < 4.78 is 13.8. The Morgan fingerprint density at radius 3 is 2.56 bits per heavy atom. The third-order valence-electron chi connectivity index (χ3n) is 2.56. The molecular weight excluding hydrogens is 233 g/mol. The standard InChI is InChI=1S/C12H22FN5/c1-5-6-18(8-7-17(3)4)11-10(13)9-15-12(14-2)16-11/h9H,5-8H2,1-4H3,(H,14,15,16). The maximum atomic E-state index is 13.8. The second kappa shape index (κ2) is 7.10. The van der Waals surface area contributed by atoms with Gasteiger partial charge in [-0.25, -0.2) is 9.37 Å². The Bertz CT molecular complexity index is 369. The van der Waals surface area contributed by atoms with E-state index in [-0.39, 0.29) is 5.82 Å². The molecule has 1 N–H and O–H groups in total. The summed E-state index contributed by atoms with van der Waals surface area (Å²) in [6.07, 6.45) is 2.16. The van der Waals surface area contributed by atoms with Gasteiger partial charge >= 0.3 is 0 Å². The van der Waals surface area contributed by atoms with Gasteiger partial charge in [0.2, 0.25) is 5.95 Å². The van der Waals surface area contributed by atoms with Crippen molar-refractivity contribution in [3.8, 4) is 0 Å². The lowest BCUT2D eigenvalue weighted by molar-refractivity contribution is 0.411. The molecule has 1 rings (SSSR count). The van der Waals surface area contributed by atoms with Gasteiger partial charge in [0, 0.05) is 26.7 Å². The monoisotopic (exact) mass is 255 g/mol. The van der Waals surface area contributed by atoms with E-state index in [9.17, 15) is 4.39 Å². The molecule has 0 radical (unpaired) electrons. The predicted octanol–water partition coefficient (Wildman–Crippen LogP) is 1.44. The minimum Gasteiger partial charge on any atom is -0.357 e. The van der Waals surface area contributed by atoms with E-state index in [1.54, 1.807) is 7.05 Å². The van der Waals surface area contributed by atoms with Crippen LogP contribution < -0.4 is 10.2 Å². The molecule has 0 bridgehead atoms. The minimum atomic E-state index is -0.374. The van der Waals surface area contributed by atoms with Crippen molar-refractivity contribution in [1.82, 2.24) is 14.9 Å². The number of nitrogens with zero attached hydrogens (tertiary/aromatic N) is 4. The second-order valence-electron chi connectivity index (χ2n) is 4.41. The van der Waals surface area contributed by atoms with Gasteiger partial charge in [-0.2, -0.15) is 4.98 Å². The molecule has 0 atom stereocenters. The number of halogens is 1. The largest absolute Gasteiger partial charge is 0.357 e. The maximum Gasteiger partial charge on any atom is 0.224 e. The summed E-state index contributed by atoms with van der Waals surface area (Å²) in [4.78, 5) is 12.1. The van der Waals surface area contributed by atoms with E-state index >= 15 is 0 Å². The van der Waals surface area contributed by atoms with Crippen LogP contribution in [0.1, 0.15) is 13.3 Å². The van der Waals surface area contributed by atoms with E-state index in [0.29, 0.717) is 11.8 Å². The number of rotatable bonds is 7. The number of aromatic nitrogens is 2. The Morgan fingerprint density at radius 1 is 1.28 bits per heavy atom. The fourth-order valence-corrected chi connectivity index (χ4v) is 1.61. The highest BCUT2D eigenvalue weighted by Crippen LogP contribution is 2.17. The van der Waals surface area contributed by atoms with Crippen molar-refractivity contribution in [2.24, 2.45) is 0 Å². The molecule has 1 aromatic rings. The molecule has 102 valence electrons. The highest BCUT2D eigenvalue weighted by atomic mass is 19.1. The third kappa shape index (κ3) is 4.10. The highest BCUT2D eigenvalue weighted by molar-refractivity contribution is 5.43. The van der Waals surface area contributed by atoms with Gasteiger partial charge in [-0.3, -0.25) is 0 Å². The van der Waals surface area contributed by atoms with E-state index in [1.807, 2.05) is 19.0 Å². The van der Waals surface area contributed by atoms with Crippen molar-refractivity contribution in [2.75, 3.05) is 51.0 Å². The normalized spacial score (nSPS) is 10.8. The number of likely N-dealkylation sites (N-methyl/N-ethyl adjacent to an activating group) is 1. The van der Waals surface area contributed by atoms with Gasteiger partial charge in [0.05, 0.1) is 6.20 Å². The van der Waals surface area contributed by atoms with Crippen molar-refractivity contribution in [3.63, 3.8) is 0 Å². The number of hydrogen-bond donors (Lipinski definition) is 1. The van der Waals surface area contributed by atoms with Crippen LogP contribution in [0.25, 0.3) is 0 Å².